The van der Waals surface area contributed by atoms with E-state index in [9.17, 15) is 4.79 Å². The molecule has 1 amide bonds. The van der Waals surface area contributed by atoms with E-state index in [0.29, 0.717) is 41.9 Å². The Balaban J connectivity index is 1.56. The standard InChI is InChI=1S/C31H29FN6O3/c1-3-23-29(36(2)35-34-23)21-17-25-27(33-18-21)22-9-10-24(37-13-16-41-31(37)39)26(32)30(22)38(25)28(19-7-5-4-6-8-19)20-11-14-40-15-12-20/h3-10,17-18,20,28H,1,11-16H2,2H3/t28-/m1/s1. The van der Waals surface area contributed by atoms with Crippen molar-refractivity contribution >= 4 is 39.8 Å². The van der Waals surface area contributed by atoms with Gasteiger partial charge in [-0.05, 0) is 48.6 Å². The fourth-order valence-electron chi connectivity index (χ4n) is 6.34. The molecule has 208 valence electrons. The number of benzene rings is 2. The molecule has 2 aliphatic rings. The first-order valence-corrected chi connectivity index (χ1v) is 13.8. The Morgan fingerprint density at radius 3 is 2.66 bits per heavy atom. The summed E-state index contributed by atoms with van der Waals surface area (Å²) >= 11 is 0. The SMILES string of the molecule is C=Cc1nnn(C)c1-c1cnc2c3ccc(N4CCOC4=O)c(F)c3n([C@H](c3ccccc3)C3CCOCC3)c2c1. The number of amides is 1. The molecule has 5 aromatic rings. The molecular formula is C31H29FN6O3. The number of cyclic esters (lactones) is 1. The van der Waals surface area contributed by atoms with E-state index in [4.69, 9.17) is 14.5 Å². The molecule has 0 bridgehead atoms. The van der Waals surface area contributed by atoms with Gasteiger partial charge in [0.15, 0.2) is 5.82 Å². The number of halogens is 1. The lowest BCUT2D eigenvalue weighted by atomic mass is 9.86. The van der Waals surface area contributed by atoms with Gasteiger partial charge in [-0.2, -0.15) is 0 Å². The van der Waals surface area contributed by atoms with Crippen LogP contribution < -0.4 is 4.90 Å². The summed E-state index contributed by atoms with van der Waals surface area (Å²) in [5, 5.41) is 9.09. The molecule has 9 nitrogen and oxygen atoms in total. The van der Waals surface area contributed by atoms with Gasteiger partial charge in [0.2, 0.25) is 0 Å². The van der Waals surface area contributed by atoms with E-state index in [-0.39, 0.29) is 24.3 Å². The number of rotatable bonds is 6. The summed E-state index contributed by atoms with van der Waals surface area (Å²) in [6.45, 7) is 5.70. The molecule has 2 saturated heterocycles. The molecular weight excluding hydrogens is 523 g/mol. The van der Waals surface area contributed by atoms with Crippen LogP contribution in [-0.2, 0) is 16.5 Å². The second kappa shape index (κ2) is 10.1. The average molecular weight is 553 g/mol. The predicted molar refractivity (Wildman–Crippen MR) is 154 cm³/mol. The highest BCUT2D eigenvalue weighted by Crippen LogP contribution is 2.43. The Labute approximate surface area is 235 Å². The molecule has 2 aromatic carbocycles. The molecule has 2 aliphatic heterocycles. The molecule has 0 saturated carbocycles. The molecule has 1 atom stereocenters. The van der Waals surface area contributed by atoms with Crippen LogP contribution >= 0.6 is 0 Å². The lowest BCUT2D eigenvalue weighted by Crippen LogP contribution is -2.27. The first kappa shape index (κ1) is 25.4. The molecule has 0 radical (unpaired) electrons. The molecule has 2 fully saturated rings. The minimum Gasteiger partial charge on any atom is -0.447 e. The van der Waals surface area contributed by atoms with Crippen LogP contribution in [0, 0.1) is 11.7 Å². The molecule has 41 heavy (non-hydrogen) atoms. The van der Waals surface area contributed by atoms with Crippen LogP contribution in [0.3, 0.4) is 0 Å². The van der Waals surface area contributed by atoms with Crippen LogP contribution in [0.4, 0.5) is 14.9 Å². The first-order valence-electron chi connectivity index (χ1n) is 13.8. The van der Waals surface area contributed by atoms with Crippen LogP contribution in [0.2, 0.25) is 0 Å². The van der Waals surface area contributed by atoms with Gasteiger partial charge in [0, 0.05) is 37.4 Å². The highest BCUT2D eigenvalue weighted by Gasteiger charge is 2.34. The number of anilines is 1. The van der Waals surface area contributed by atoms with Crippen molar-refractivity contribution in [2.45, 2.75) is 18.9 Å². The summed E-state index contributed by atoms with van der Waals surface area (Å²) in [6.07, 6.45) is 4.56. The lowest BCUT2D eigenvalue weighted by Gasteiger charge is -2.33. The normalized spacial score (nSPS) is 16.9. The van der Waals surface area contributed by atoms with Crippen molar-refractivity contribution < 1.29 is 18.7 Å². The minimum absolute atomic E-state index is 0.190. The predicted octanol–water partition coefficient (Wildman–Crippen LogP) is 5.74. The number of aromatic nitrogens is 5. The molecule has 0 spiro atoms. The number of ether oxygens (including phenoxy) is 2. The number of nitrogens with zero attached hydrogens (tertiary/aromatic N) is 6. The van der Waals surface area contributed by atoms with Crippen molar-refractivity contribution in [1.29, 1.82) is 0 Å². The van der Waals surface area contributed by atoms with Crippen molar-refractivity contribution in [3.8, 4) is 11.3 Å². The van der Waals surface area contributed by atoms with Crippen molar-refractivity contribution in [1.82, 2.24) is 24.5 Å². The zero-order chi connectivity index (χ0) is 28.1. The monoisotopic (exact) mass is 552 g/mol. The van der Waals surface area contributed by atoms with E-state index in [0.717, 1.165) is 35.2 Å². The minimum atomic E-state index is -0.545. The third-order valence-corrected chi connectivity index (χ3v) is 8.22. The molecule has 5 heterocycles. The zero-order valence-electron chi connectivity index (χ0n) is 22.7. The highest BCUT2D eigenvalue weighted by atomic mass is 19.1. The number of pyridine rings is 1. The Morgan fingerprint density at radius 1 is 1.12 bits per heavy atom. The third kappa shape index (κ3) is 4.09. The number of carbonyl (C=O) groups excluding carboxylic acids is 1. The molecule has 0 aliphatic carbocycles. The summed E-state index contributed by atoms with van der Waals surface area (Å²) < 4.78 is 31.5. The maximum absolute atomic E-state index is 16.8. The average Bonchev–Trinajstić information content (AvgIpc) is 3.70. The third-order valence-electron chi connectivity index (χ3n) is 8.22. The second-order valence-corrected chi connectivity index (χ2v) is 10.5. The van der Waals surface area contributed by atoms with Crippen molar-refractivity contribution in [2.24, 2.45) is 13.0 Å². The Bertz CT molecular complexity index is 1790. The fourth-order valence-corrected chi connectivity index (χ4v) is 6.34. The Morgan fingerprint density at radius 2 is 1.93 bits per heavy atom. The summed E-state index contributed by atoms with van der Waals surface area (Å²) in [4.78, 5) is 18.7. The molecule has 7 rings (SSSR count). The zero-order valence-corrected chi connectivity index (χ0v) is 22.7. The van der Waals surface area contributed by atoms with E-state index in [1.165, 1.54) is 4.90 Å². The summed E-state index contributed by atoms with van der Waals surface area (Å²) in [7, 11) is 1.82. The quantitative estimate of drug-likeness (QED) is 0.267. The van der Waals surface area contributed by atoms with Gasteiger partial charge in [-0.15, -0.1) is 5.10 Å². The van der Waals surface area contributed by atoms with Gasteiger partial charge in [-0.25, -0.2) is 13.9 Å². The number of hydrogen-bond donors (Lipinski definition) is 0. The lowest BCUT2D eigenvalue weighted by molar-refractivity contribution is 0.0552. The largest absolute Gasteiger partial charge is 0.447 e. The smallest absolute Gasteiger partial charge is 0.414 e. The molecule has 0 unspecified atom stereocenters. The number of aryl methyl sites for hydroxylation is 1. The van der Waals surface area contributed by atoms with E-state index in [1.807, 2.05) is 37.4 Å². The highest BCUT2D eigenvalue weighted by molar-refractivity contribution is 6.09. The van der Waals surface area contributed by atoms with Gasteiger partial charge < -0.3 is 14.0 Å². The number of hydrogen-bond acceptors (Lipinski definition) is 6. The summed E-state index contributed by atoms with van der Waals surface area (Å²) in [5.74, 6) is -0.279. The second-order valence-electron chi connectivity index (χ2n) is 10.5. The van der Waals surface area contributed by atoms with E-state index >= 15 is 4.39 Å². The summed E-state index contributed by atoms with van der Waals surface area (Å²) in [6, 6.07) is 15.5. The van der Waals surface area contributed by atoms with Crippen LogP contribution in [0.15, 0.2) is 61.3 Å². The van der Waals surface area contributed by atoms with Crippen LogP contribution in [0.5, 0.6) is 0 Å². The summed E-state index contributed by atoms with van der Waals surface area (Å²) in [5.41, 5.74) is 5.36. The molecule has 0 N–H and O–H groups in total. The van der Waals surface area contributed by atoms with Crippen LogP contribution in [0.25, 0.3) is 39.3 Å². The van der Waals surface area contributed by atoms with E-state index < -0.39 is 11.9 Å². The maximum atomic E-state index is 16.8. The topological polar surface area (TPSA) is 87.3 Å². The number of carbonyl (C=O) groups is 1. The first-order chi connectivity index (χ1) is 20.1. The van der Waals surface area contributed by atoms with Gasteiger partial charge in [-0.3, -0.25) is 9.88 Å². The van der Waals surface area contributed by atoms with Crippen molar-refractivity contribution in [2.75, 3.05) is 31.3 Å². The maximum Gasteiger partial charge on any atom is 0.414 e. The van der Waals surface area contributed by atoms with Gasteiger partial charge in [0.25, 0.3) is 0 Å². The van der Waals surface area contributed by atoms with E-state index in [2.05, 4.69) is 33.6 Å². The number of fused-ring (bicyclic) bond motifs is 3. The Hall–Kier alpha value is -4.57. The molecule has 10 heteroatoms. The van der Waals surface area contributed by atoms with E-state index in [1.54, 1.807) is 23.0 Å². The molecule has 3 aromatic heterocycles. The van der Waals surface area contributed by atoms with Crippen LogP contribution in [0.1, 0.15) is 30.1 Å². The van der Waals surface area contributed by atoms with Gasteiger partial charge in [0.1, 0.15) is 12.3 Å². The Kier molecular flexibility index (Phi) is 6.27. The van der Waals surface area contributed by atoms with Crippen molar-refractivity contribution in [3.63, 3.8) is 0 Å². The fraction of sp³-hybridized carbons (Fsp3) is 0.290. The van der Waals surface area contributed by atoms with Crippen LogP contribution in [-0.4, -0.2) is 57.0 Å². The van der Waals surface area contributed by atoms with Gasteiger partial charge in [-0.1, -0.05) is 42.1 Å². The van der Waals surface area contributed by atoms with Gasteiger partial charge >= 0.3 is 6.09 Å². The van der Waals surface area contributed by atoms with Crippen molar-refractivity contribution in [3.05, 3.63) is 78.4 Å². The van der Waals surface area contributed by atoms with Gasteiger partial charge in [0.05, 0.1) is 40.5 Å².